The van der Waals surface area contributed by atoms with Gasteiger partial charge in [0.1, 0.15) is 31.3 Å². The molecule has 8 nitrogen and oxygen atoms in total. The molecule has 1 unspecified atom stereocenters. The van der Waals surface area contributed by atoms with Crippen LogP contribution in [0.1, 0.15) is 24.8 Å². The molecule has 1 atom stereocenters. The summed E-state index contributed by atoms with van der Waals surface area (Å²) in [7, 11) is 1.63. The van der Waals surface area contributed by atoms with Crippen molar-refractivity contribution >= 4 is 6.03 Å². The number of carbonyl (C=O) groups excluding carboxylic acids is 1. The number of fused-ring (bicyclic) bond motifs is 1. The maximum Gasteiger partial charge on any atom is 0.315 e. The maximum atomic E-state index is 12.7. The lowest BCUT2D eigenvalue weighted by Crippen LogP contribution is -2.50. The predicted octanol–water partition coefficient (Wildman–Crippen LogP) is 3.24. The number of nitrogens with zero attached hydrogens (tertiary/aromatic N) is 1. The van der Waals surface area contributed by atoms with Gasteiger partial charge >= 0.3 is 6.03 Å². The van der Waals surface area contributed by atoms with Crippen molar-refractivity contribution in [3.8, 4) is 23.0 Å². The lowest BCUT2D eigenvalue weighted by atomic mass is 10.0. The van der Waals surface area contributed by atoms with Crippen LogP contribution in [0.25, 0.3) is 0 Å². The van der Waals surface area contributed by atoms with Crippen LogP contribution < -0.4 is 29.6 Å². The summed E-state index contributed by atoms with van der Waals surface area (Å²) in [6, 6.07) is 13.2. The van der Waals surface area contributed by atoms with Crippen molar-refractivity contribution in [1.82, 2.24) is 15.5 Å². The fraction of sp³-hybridized carbons (Fsp3) is 0.500. The summed E-state index contributed by atoms with van der Waals surface area (Å²) in [4.78, 5) is 15.1. The summed E-state index contributed by atoms with van der Waals surface area (Å²) in [5.74, 6) is 3.08. The first-order chi connectivity index (χ1) is 16.7. The minimum atomic E-state index is -0.183. The molecule has 2 aliphatic heterocycles. The first kappa shape index (κ1) is 24.0. The predicted molar refractivity (Wildman–Crippen MR) is 130 cm³/mol. The molecule has 2 amide bonds. The number of benzene rings is 2. The number of amides is 2. The van der Waals surface area contributed by atoms with E-state index in [4.69, 9.17) is 18.9 Å². The summed E-state index contributed by atoms with van der Waals surface area (Å²) in [6.07, 6.45) is 4.44. The van der Waals surface area contributed by atoms with Crippen LogP contribution >= 0.6 is 0 Å². The minimum Gasteiger partial charge on any atom is -0.497 e. The van der Waals surface area contributed by atoms with E-state index in [1.165, 1.54) is 19.3 Å². The molecule has 4 rings (SSSR count). The van der Waals surface area contributed by atoms with Crippen molar-refractivity contribution in [3.05, 3.63) is 48.0 Å². The Labute approximate surface area is 201 Å². The van der Waals surface area contributed by atoms with Crippen molar-refractivity contribution in [1.29, 1.82) is 0 Å². The van der Waals surface area contributed by atoms with Crippen LogP contribution in [0.4, 0.5) is 4.79 Å². The van der Waals surface area contributed by atoms with E-state index in [-0.39, 0.29) is 12.1 Å². The smallest absolute Gasteiger partial charge is 0.315 e. The number of piperidine rings is 1. The molecule has 8 heteroatoms. The van der Waals surface area contributed by atoms with Crippen LogP contribution in [-0.2, 0) is 6.42 Å². The molecule has 0 bridgehead atoms. The van der Waals surface area contributed by atoms with Gasteiger partial charge in [-0.2, -0.15) is 0 Å². The highest BCUT2D eigenvalue weighted by molar-refractivity contribution is 5.74. The minimum absolute atomic E-state index is 0.0110. The molecule has 2 heterocycles. The van der Waals surface area contributed by atoms with Crippen molar-refractivity contribution in [2.24, 2.45) is 0 Å². The molecule has 0 spiro atoms. The van der Waals surface area contributed by atoms with Gasteiger partial charge in [-0.1, -0.05) is 12.5 Å². The molecule has 0 saturated carbocycles. The molecule has 0 aliphatic carbocycles. The van der Waals surface area contributed by atoms with Gasteiger partial charge in [-0.15, -0.1) is 0 Å². The second-order valence-electron chi connectivity index (χ2n) is 8.66. The van der Waals surface area contributed by atoms with Crippen LogP contribution in [0.5, 0.6) is 23.0 Å². The molecule has 34 heavy (non-hydrogen) atoms. The van der Waals surface area contributed by atoms with Crippen LogP contribution in [0, 0.1) is 0 Å². The van der Waals surface area contributed by atoms with Gasteiger partial charge in [-0.25, -0.2) is 4.79 Å². The van der Waals surface area contributed by atoms with Crippen molar-refractivity contribution in [3.63, 3.8) is 0 Å². The van der Waals surface area contributed by atoms with Gasteiger partial charge in [0, 0.05) is 12.6 Å². The highest BCUT2D eigenvalue weighted by Crippen LogP contribution is 2.31. The van der Waals surface area contributed by atoms with E-state index in [1.54, 1.807) is 7.11 Å². The number of nitrogens with one attached hydrogen (secondary N) is 2. The topological polar surface area (TPSA) is 81.3 Å². The molecule has 0 radical (unpaired) electrons. The van der Waals surface area contributed by atoms with Gasteiger partial charge in [0.15, 0.2) is 11.5 Å². The van der Waals surface area contributed by atoms with Crippen molar-refractivity contribution in [2.45, 2.75) is 31.7 Å². The first-order valence-electron chi connectivity index (χ1n) is 12.1. The van der Waals surface area contributed by atoms with Gasteiger partial charge in [0.25, 0.3) is 0 Å². The number of likely N-dealkylation sites (tertiary alicyclic amines) is 1. The van der Waals surface area contributed by atoms with E-state index in [2.05, 4.69) is 21.6 Å². The third-order valence-corrected chi connectivity index (χ3v) is 6.07. The Bertz CT molecular complexity index is 915. The van der Waals surface area contributed by atoms with Crippen LogP contribution in [-0.4, -0.2) is 70.1 Å². The average molecular weight is 470 g/mol. The first-order valence-corrected chi connectivity index (χ1v) is 12.1. The normalized spacial score (nSPS) is 16.4. The number of hydrogen-bond acceptors (Lipinski definition) is 6. The summed E-state index contributed by atoms with van der Waals surface area (Å²) in [5.41, 5.74) is 1.12. The zero-order valence-electron chi connectivity index (χ0n) is 19.9. The Kier molecular flexibility index (Phi) is 8.73. The molecule has 1 saturated heterocycles. The van der Waals surface area contributed by atoms with Gasteiger partial charge in [0.2, 0.25) is 0 Å². The fourth-order valence-corrected chi connectivity index (χ4v) is 4.36. The van der Waals surface area contributed by atoms with Gasteiger partial charge in [-0.3, -0.25) is 0 Å². The van der Waals surface area contributed by atoms with Crippen molar-refractivity contribution in [2.75, 3.05) is 53.1 Å². The summed E-state index contributed by atoms with van der Waals surface area (Å²) < 4.78 is 22.2. The Hall–Kier alpha value is -3.13. The largest absolute Gasteiger partial charge is 0.497 e. The van der Waals surface area contributed by atoms with Crippen LogP contribution in [0.2, 0.25) is 0 Å². The number of carbonyl (C=O) groups is 1. The van der Waals surface area contributed by atoms with Gasteiger partial charge < -0.3 is 34.5 Å². The maximum absolute atomic E-state index is 12.7. The third-order valence-electron chi connectivity index (χ3n) is 6.07. The highest BCUT2D eigenvalue weighted by Gasteiger charge is 2.20. The number of rotatable bonds is 10. The van der Waals surface area contributed by atoms with Gasteiger partial charge in [0.05, 0.1) is 13.7 Å². The molecular formula is C26H35N3O5. The summed E-state index contributed by atoms with van der Waals surface area (Å²) >= 11 is 0. The number of hydrogen-bond donors (Lipinski definition) is 2. The Morgan fingerprint density at radius 3 is 2.50 bits per heavy atom. The van der Waals surface area contributed by atoms with E-state index in [0.29, 0.717) is 26.4 Å². The Morgan fingerprint density at radius 1 is 1.00 bits per heavy atom. The molecule has 1 fully saturated rings. The molecule has 184 valence electrons. The number of methoxy groups -OCH3 is 1. The zero-order chi connectivity index (χ0) is 23.6. The molecular weight excluding hydrogens is 434 g/mol. The quantitative estimate of drug-likeness (QED) is 0.520. The molecule has 2 aromatic rings. The van der Waals surface area contributed by atoms with E-state index < -0.39 is 0 Å². The van der Waals surface area contributed by atoms with E-state index >= 15 is 0 Å². The molecule has 2 N–H and O–H groups in total. The van der Waals surface area contributed by atoms with Crippen molar-refractivity contribution < 1.29 is 23.7 Å². The van der Waals surface area contributed by atoms with E-state index in [1.807, 2.05) is 36.4 Å². The van der Waals surface area contributed by atoms with Crippen LogP contribution in [0.3, 0.4) is 0 Å². The number of ether oxygens (including phenoxy) is 4. The number of urea groups is 1. The molecule has 2 aliphatic rings. The lowest BCUT2D eigenvalue weighted by molar-refractivity contribution is 0.171. The highest BCUT2D eigenvalue weighted by atomic mass is 16.6. The summed E-state index contributed by atoms with van der Waals surface area (Å²) in [6.45, 7) is 4.93. The van der Waals surface area contributed by atoms with E-state index in [0.717, 1.165) is 54.6 Å². The molecule has 2 aromatic carbocycles. The second kappa shape index (κ2) is 12.4. The fourth-order valence-electron chi connectivity index (χ4n) is 4.36. The second-order valence-corrected chi connectivity index (χ2v) is 8.66. The standard InChI is InChI=1S/C26H35N3O5/c1-31-22-6-8-23(9-7-22)32-14-11-27-26(30)28-21(19-29-12-3-2-4-13-29)17-20-5-10-24-25(18-20)34-16-15-33-24/h5-10,18,21H,2-4,11-17,19H2,1H3,(H2,27,28,30). The SMILES string of the molecule is COc1ccc(OCCNC(=O)NC(Cc2ccc3c(c2)OCCO3)CN2CCCCC2)cc1. The molecule has 0 aromatic heterocycles. The Balaban J connectivity index is 1.28. The summed E-state index contributed by atoms with van der Waals surface area (Å²) in [5, 5.41) is 6.09. The zero-order valence-corrected chi connectivity index (χ0v) is 19.9. The van der Waals surface area contributed by atoms with Gasteiger partial charge in [-0.05, 0) is 74.3 Å². The van der Waals surface area contributed by atoms with Crippen LogP contribution in [0.15, 0.2) is 42.5 Å². The van der Waals surface area contributed by atoms with E-state index in [9.17, 15) is 4.79 Å². The monoisotopic (exact) mass is 469 g/mol. The third kappa shape index (κ3) is 7.18. The Morgan fingerprint density at radius 2 is 1.74 bits per heavy atom. The lowest BCUT2D eigenvalue weighted by Gasteiger charge is -2.31. The average Bonchev–Trinajstić information content (AvgIpc) is 2.87.